The summed E-state index contributed by atoms with van der Waals surface area (Å²) in [6.45, 7) is 4.30. The summed E-state index contributed by atoms with van der Waals surface area (Å²) in [6, 6.07) is 17.8. The van der Waals surface area contributed by atoms with Crippen LogP contribution in [0.25, 0.3) is 0 Å². The molecular formula is C34H41BrN2O7S. The summed E-state index contributed by atoms with van der Waals surface area (Å²) in [5.41, 5.74) is 1.34. The molecule has 1 amide bonds. The molecule has 45 heavy (non-hydrogen) atoms. The average molecular weight is 702 g/mol. The van der Waals surface area contributed by atoms with Gasteiger partial charge < -0.3 is 24.8 Å². The molecule has 0 spiro atoms. The number of nitrogens with one attached hydrogen (secondary N) is 1. The molecule has 3 aromatic rings. The molecule has 0 radical (unpaired) electrons. The molecule has 0 saturated carbocycles. The molecule has 2 N–H and O–H groups in total. The molecule has 1 aliphatic rings. The van der Waals surface area contributed by atoms with Gasteiger partial charge in [0.05, 0.1) is 27.9 Å². The Morgan fingerprint density at radius 2 is 1.71 bits per heavy atom. The van der Waals surface area contributed by atoms with Gasteiger partial charge in [0.25, 0.3) is 5.91 Å². The van der Waals surface area contributed by atoms with Gasteiger partial charge in [-0.3, -0.25) is 4.79 Å². The van der Waals surface area contributed by atoms with Crippen LogP contribution in [0.15, 0.2) is 76.1 Å². The van der Waals surface area contributed by atoms with Crippen LogP contribution < -0.4 is 15.0 Å². The molecule has 3 aromatic carbocycles. The Hall–Kier alpha value is -3.57. The molecule has 0 aliphatic carbocycles. The Morgan fingerprint density at radius 3 is 2.33 bits per heavy atom. The van der Waals surface area contributed by atoms with Gasteiger partial charge in [-0.05, 0) is 64.7 Å². The second kappa shape index (κ2) is 15.1. The third-order valence-corrected chi connectivity index (χ3v) is 10.7. The number of benzene rings is 3. The number of hydrogen-bond donors (Lipinski definition) is 2. The highest BCUT2D eigenvalue weighted by atomic mass is 79.9. The maximum Gasteiger partial charge on any atom is 0.333 e. The number of carbonyl (C=O) groups excluding carboxylic acids is 2. The maximum absolute atomic E-state index is 14.2. The Morgan fingerprint density at radius 1 is 1.02 bits per heavy atom. The second-order valence-corrected chi connectivity index (χ2v) is 14.4. The standard InChI is InChI=1S/C34H41BrN2O7S/c1-4-6-16-34(17-7-5-2)22-37(25-13-9-8-10-14-25)28-19-27(35)29(20-30(28)45(41,42)23-34)44-21-31(39)36-32(33(40)43-3)24-12-11-15-26(38)18-24/h8-15,18-20,32,38H,4-7,16-17,21-23H2,1-3H3,(H,36,39)/t32-/m0/s1. The smallest absolute Gasteiger partial charge is 0.333 e. The number of nitrogens with zero attached hydrogens (tertiary/aromatic N) is 1. The number of phenols is 1. The predicted molar refractivity (Wildman–Crippen MR) is 178 cm³/mol. The summed E-state index contributed by atoms with van der Waals surface area (Å²) in [7, 11) is -2.57. The molecule has 1 heterocycles. The highest BCUT2D eigenvalue weighted by Crippen LogP contribution is 2.47. The molecule has 0 aromatic heterocycles. The number of esters is 1. The monoisotopic (exact) mass is 700 g/mol. The van der Waals surface area contributed by atoms with Gasteiger partial charge in [0, 0.05) is 23.7 Å². The Bertz CT molecular complexity index is 1590. The van der Waals surface area contributed by atoms with Crippen molar-refractivity contribution in [2.24, 2.45) is 5.41 Å². The number of fused-ring (bicyclic) bond motifs is 1. The summed E-state index contributed by atoms with van der Waals surface area (Å²) >= 11 is 3.55. The zero-order chi connectivity index (χ0) is 32.6. The second-order valence-electron chi connectivity index (χ2n) is 11.5. The van der Waals surface area contributed by atoms with Crippen molar-refractivity contribution in [3.8, 4) is 11.5 Å². The van der Waals surface area contributed by atoms with E-state index >= 15 is 0 Å². The number of ether oxygens (including phenoxy) is 2. The first kappa shape index (κ1) is 34.3. The lowest BCUT2D eigenvalue weighted by Gasteiger charge is -2.37. The van der Waals surface area contributed by atoms with Gasteiger partial charge in [0.15, 0.2) is 22.5 Å². The minimum atomic E-state index is -3.77. The van der Waals surface area contributed by atoms with E-state index in [4.69, 9.17) is 9.47 Å². The van der Waals surface area contributed by atoms with Crippen LogP contribution in [-0.4, -0.2) is 51.4 Å². The number of unbranched alkanes of at least 4 members (excludes halogenated alkanes) is 2. The van der Waals surface area contributed by atoms with Crippen molar-refractivity contribution in [2.75, 3.05) is 30.9 Å². The number of hydrogen-bond acceptors (Lipinski definition) is 8. The van der Waals surface area contributed by atoms with Crippen LogP contribution in [0.3, 0.4) is 0 Å². The number of aromatic hydroxyl groups is 1. The van der Waals surface area contributed by atoms with Gasteiger partial charge in [-0.2, -0.15) is 0 Å². The summed E-state index contributed by atoms with van der Waals surface area (Å²) in [5, 5.41) is 12.4. The van der Waals surface area contributed by atoms with Crippen LogP contribution in [0.1, 0.15) is 64.0 Å². The predicted octanol–water partition coefficient (Wildman–Crippen LogP) is 6.86. The molecule has 4 rings (SSSR count). The lowest BCUT2D eigenvalue weighted by Crippen LogP contribution is -2.38. The third kappa shape index (κ3) is 8.38. The number of para-hydroxylation sites is 1. The molecule has 11 heteroatoms. The number of anilines is 2. The topological polar surface area (TPSA) is 122 Å². The van der Waals surface area contributed by atoms with Gasteiger partial charge in [-0.25, -0.2) is 13.2 Å². The number of halogens is 1. The zero-order valence-corrected chi connectivity index (χ0v) is 28.3. The summed E-state index contributed by atoms with van der Waals surface area (Å²) in [6.07, 6.45) is 5.40. The molecule has 0 saturated heterocycles. The SMILES string of the molecule is CCCCC1(CCCC)CN(c2ccccc2)c2cc(Br)c(OCC(=O)N[C@H](C(=O)OC)c3cccc(O)c3)cc2S(=O)(=O)C1. The van der Waals surface area contributed by atoms with Crippen molar-refractivity contribution < 1.29 is 32.6 Å². The number of phenolic OH excluding ortho intramolecular Hbond substituents is 1. The van der Waals surface area contributed by atoms with Crippen LogP contribution in [0, 0.1) is 5.41 Å². The first-order chi connectivity index (χ1) is 21.5. The number of carbonyl (C=O) groups is 2. The molecule has 0 bridgehead atoms. The lowest BCUT2D eigenvalue weighted by atomic mass is 9.79. The number of rotatable bonds is 13. The van der Waals surface area contributed by atoms with E-state index in [1.54, 1.807) is 18.2 Å². The van der Waals surface area contributed by atoms with Crippen LogP contribution in [0.4, 0.5) is 11.4 Å². The molecule has 9 nitrogen and oxygen atoms in total. The van der Waals surface area contributed by atoms with Crippen molar-refractivity contribution in [3.63, 3.8) is 0 Å². The van der Waals surface area contributed by atoms with E-state index in [-0.39, 0.29) is 22.1 Å². The number of sulfone groups is 1. The minimum Gasteiger partial charge on any atom is -0.508 e. The van der Waals surface area contributed by atoms with Gasteiger partial charge in [0.1, 0.15) is 11.5 Å². The van der Waals surface area contributed by atoms with Crippen molar-refractivity contribution in [1.82, 2.24) is 5.32 Å². The quantitative estimate of drug-likeness (QED) is 0.186. The van der Waals surface area contributed by atoms with E-state index in [2.05, 4.69) is 40.0 Å². The van der Waals surface area contributed by atoms with Gasteiger partial charge in [-0.1, -0.05) is 69.9 Å². The van der Waals surface area contributed by atoms with E-state index in [1.165, 1.54) is 25.3 Å². The van der Waals surface area contributed by atoms with Crippen molar-refractivity contribution in [1.29, 1.82) is 0 Å². The molecule has 242 valence electrons. The van der Waals surface area contributed by atoms with Crippen LogP contribution in [0.2, 0.25) is 0 Å². The van der Waals surface area contributed by atoms with Gasteiger partial charge in [-0.15, -0.1) is 0 Å². The van der Waals surface area contributed by atoms with E-state index in [1.807, 2.05) is 30.3 Å². The van der Waals surface area contributed by atoms with Crippen molar-refractivity contribution in [2.45, 2.75) is 63.3 Å². The number of amides is 1. The molecular weight excluding hydrogens is 660 g/mol. The van der Waals surface area contributed by atoms with Gasteiger partial charge in [0.2, 0.25) is 0 Å². The molecule has 0 fully saturated rings. The normalized spacial score (nSPS) is 15.8. The third-order valence-electron chi connectivity index (χ3n) is 8.12. The van der Waals surface area contributed by atoms with E-state index < -0.39 is 39.8 Å². The van der Waals surface area contributed by atoms with Crippen LogP contribution in [-0.2, 0) is 24.2 Å². The number of methoxy groups -OCH3 is 1. The van der Waals surface area contributed by atoms with E-state index in [9.17, 15) is 23.1 Å². The largest absolute Gasteiger partial charge is 0.508 e. The van der Waals surface area contributed by atoms with Crippen LogP contribution in [0.5, 0.6) is 11.5 Å². The van der Waals surface area contributed by atoms with Crippen molar-refractivity contribution in [3.05, 3.63) is 76.8 Å². The summed E-state index contributed by atoms with van der Waals surface area (Å²) in [4.78, 5) is 27.7. The molecule has 1 atom stereocenters. The zero-order valence-electron chi connectivity index (χ0n) is 25.9. The van der Waals surface area contributed by atoms with E-state index in [0.717, 1.165) is 44.2 Å². The highest BCUT2D eigenvalue weighted by Gasteiger charge is 2.42. The Balaban J connectivity index is 1.67. The lowest BCUT2D eigenvalue weighted by molar-refractivity contribution is -0.145. The molecule has 1 aliphatic heterocycles. The first-order valence-corrected chi connectivity index (χ1v) is 17.6. The Labute approximate surface area is 274 Å². The first-order valence-electron chi connectivity index (χ1n) is 15.2. The fraction of sp³-hybridized carbons (Fsp3) is 0.412. The highest BCUT2D eigenvalue weighted by molar-refractivity contribution is 9.10. The maximum atomic E-state index is 14.2. The van der Waals surface area contributed by atoms with Gasteiger partial charge >= 0.3 is 5.97 Å². The van der Waals surface area contributed by atoms with Crippen molar-refractivity contribution >= 4 is 49.0 Å². The summed E-state index contributed by atoms with van der Waals surface area (Å²) < 4.78 is 39.6. The average Bonchev–Trinajstić information content (AvgIpc) is 3.12. The summed E-state index contributed by atoms with van der Waals surface area (Å²) in [5.74, 6) is -1.23. The fourth-order valence-corrected chi connectivity index (χ4v) is 8.42. The minimum absolute atomic E-state index is 0.0165. The van der Waals surface area contributed by atoms with E-state index in [0.29, 0.717) is 22.3 Å². The molecule has 0 unspecified atom stereocenters. The Kier molecular flexibility index (Phi) is 11.5. The van der Waals surface area contributed by atoms with Crippen LogP contribution >= 0.6 is 15.9 Å². The fourth-order valence-electron chi connectivity index (χ4n) is 5.86.